The Balaban J connectivity index is 1.52. The maximum absolute atomic E-state index is 12.1. The zero-order valence-electron chi connectivity index (χ0n) is 15.4. The Morgan fingerprint density at radius 1 is 1.26 bits per heavy atom. The van der Waals surface area contributed by atoms with Crippen LogP contribution in [0.1, 0.15) is 23.6 Å². The molecule has 0 unspecified atom stereocenters. The zero-order chi connectivity index (χ0) is 19.2. The average Bonchev–Trinajstić information content (AvgIpc) is 3.19. The summed E-state index contributed by atoms with van der Waals surface area (Å²) in [5.74, 6) is -0.351. The van der Waals surface area contributed by atoms with Crippen LogP contribution in [0.4, 0.5) is 0 Å². The predicted octanol–water partition coefficient (Wildman–Crippen LogP) is 1.41. The fourth-order valence-electron chi connectivity index (χ4n) is 4.39. The van der Waals surface area contributed by atoms with E-state index in [0.29, 0.717) is 32.6 Å². The highest BCUT2D eigenvalue weighted by molar-refractivity contribution is 7.91. The summed E-state index contributed by atoms with van der Waals surface area (Å²) in [5, 5.41) is 10.9. The predicted molar refractivity (Wildman–Crippen MR) is 104 cm³/mol. The van der Waals surface area contributed by atoms with Gasteiger partial charge in [-0.2, -0.15) is 0 Å². The number of H-pyrrole nitrogens is 1. The number of benzene rings is 1. The van der Waals surface area contributed by atoms with Crippen LogP contribution in [-0.4, -0.2) is 78.0 Å². The highest BCUT2D eigenvalue weighted by Gasteiger charge is 2.37. The minimum Gasteiger partial charge on any atom is -0.480 e. The van der Waals surface area contributed by atoms with Crippen LogP contribution in [0.2, 0.25) is 0 Å². The molecule has 2 aliphatic rings. The number of aromatic nitrogens is 1. The lowest BCUT2D eigenvalue weighted by molar-refractivity contribution is -0.144. The van der Waals surface area contributed by atoms with Gasteiger partial charge in [-0.05, 0) is 25.5 Å². The number of fused-ring (bicyclic) bond motifs is 1. The minimum absolute atomic E-state index is 0.0798. The number of hydrogen-bond donors (Lipinski definition) is 2. The summed E-state index contributed by atoms with van der Waals surface area (Å²) < 4.78 is 23.5. The second-order valence-corrected chi connectivity index (χ2v) is 9.89. The van der Waals surface area contributed by atoms with E-state index >= 15 is 0 Å². The third-order valence-corrected chi connectivity index (χ3v) is 7.59. The maximum Gasteiger partial charge on any atom is 0.325 e. The average molecular weight is 391 g/mol. The Bertz CT molecular complexity index is 960. The molecule has 0 saturated carbocycles. The van der Waals surface area contributed by atoms with Crippen molar-refractivity contribution in [2.24, 2.45) is 0 Å². The minimum atomic E-state index is -2.91. The van der Waals surface area contributed by atoms with Crippen molar-refractivity contribution in [3.05, 3.63) is 35.5 Å². The number of carbonyl (C=O) groups is 1. The summed E-state index contributed by atoms with van der Waals surface area (Å²) in [6.45, 7) is 4.63. The summed E-state index contributed by atoms with van der Waals surface area (Å²) in [5.41, 5.74) is 2.83. The van der Waals surface area contributed by atoms with Crippen LogP contribution in [0.3, 0.4) is 0 Å². The largest absolute Gasteiger partial charge is 0.480 e. The summed E-state index contributed by atoms with van der Waals surface area (Å²) in [7, 11) is -2.91. The van der Waals surface area contributed by atoms with Crippen LogP contribution in [-0.2, 0) is 14.6 Å². The molecular weight excluding hydrogens is 366 g/mol. The summed E-state index contributed by atoms with van der Waals surface area (Å²) in [6.07, 6.45) is 2.49. The fraction of sp³-hybridized carbons (Fsp3) is 0.526. The number of piperazine rings is 1. The molecule has 1 aromatic heterocycles. The van der Waals surface area contributed by atoms with E-state index in [2.05, 4.69) is 9.88 Å². The van der Waals surface area contributed by atoms with Crippen molar-refractivity contribution in [3.8, 4) is 0 Å². The fourth-order valence-corrected chi connectivity index (χ4v) is 6.15. The number of aryl methyl sites for hydroxylation is 1. The second-order valence-electron chi connectivity index (χ2n) is 7.66. The third kappa shape index (κ3) is 3.61. The van der Waals surface area contributed by atoms with Crippen LogP contribution in [0, 0.1) is 6.92 Å². The van der Waals surface area contributed by atoms with Gasteiger partial charge in [0.2, 0.25) is 0 Å². The lowest BCUT2D eigenvalue weighted by Gasteiger charge is -2.40. The first-order valence-corrected chi connectivity index (χ1v) is 11.2. The van der Waals surface area contributed by atoms with Crippen LogP contribution >= 0.6 is 0 Å². The molecule has 8 heteroatoms. The van der Waals surface area contributed by atoms with Gasteiger partial charge in [-0.25, -0.2) is 8.42 Å². The van der Waals surface area contributed by atoms with E-state index in [1.807, 2.05) is 30.0 Å². The first-order valence-electron chi connectivity index (χ1n) is 9.33. The molecule has 0 bridgehead atoms. The Morgan fingerprint density at radius 3 is 2.63 bits per heavy atom. The van der Waals surface area contributed by atoms with E-state index in [1.54, 1.807) is 6.20 Å². The molecule has 1 aromatic carbocycles. The molecule has 7 nitrogen and oxygen atoms in total. The summed E-state index contributed by atoms with van der Waals surface area (Å²) in [4.78, 5) is 19.5. The molecule has 27 heavy (non-hydrogen) atoms. The first kappa shape index (κ1) is 18.5. The highest BCUT2D eigenvalue weighted by atomic mass is 32.2. The van der Waals surface area contributed by atoms with Crippen LogP contribution in [0.25, 0.3) is 10.9 Å². The Morgan fingerprint density at radius 2 is 2.00 bits per heavy atom. The number of sulfone groups is 1. The van der Waals surface area contributed by atoms with Gasteiger partial charge in [-0.15, -0.1) is 0 Å². The van der Waals surface area contributed by atoms with E-state index in [0.717, 1.165) is 22.0 Å². The van der Waals surface area contributed by atoms with E-state index in [1.165, 1.54) is 0 Å². The van der Waals surface area contributed by atoms with Gasteiger partial charge in [0.05, 0.1) is 11.5 Å². The topological polar surface area (TPSA) is 93.7 Å². The molecular formula is C19H25N3O4S. The van der Waals surface area contributed by atoms with E-state index in [9.17, 15) is 18.3 Å². The van der Waals surface area contributed by atoms with Crippen molar-refractivity contribution < 1.29 is 18.3 Å². The molecule has 146 valence electrons. The van der Waals surface area contributed by atoms with Crippen LogP contribution in [0.5, 0.6) is 0 Å². The van der Waals surface area contributed by atoms with E-state index < -0.39 is 21.8 Å². The monoisotopic (exact) mass is 391 g/mol. The molecule has 2 atom stereocenters. The lowest BCUT2D eigenvalue weighted by atomic mass is 10.0. The molecule has 2 fully saturated rings. The van der Waals surface area contributed by atoms with Gasteiger partial charge in [0.15, 0.2) is 9.84 Å². The van der Waals surface area contributed by atoms with Gasteiger partial charge in [-0.1, -0.05) is 11.6 Å². The standard InChI is InChI=1S/C19H25N3O4S/c1-13-2-3-17-15(10-13)16(11-20-17)18(19(23)24)22-7-5-21(6-8-22)14-4-9-27(25,26)12-14/h2-3,10-11,14,18,20H,4-9,12H2,1H3,(H,23,24)/t14-,18+/m0/s1. The molecule has 2 aliphatic heterocycles. The first-order chi connectivity index (χ1) is 12.8. The van der Waals surface area contributed by atoms with Crippen molar-refractivity contribution >= 4 is 26.7 Å². The Labute approximate surface area is 158 Å². The van der Waals surface area contributed by atoms with Crippen LogP contribution in [0.15, 0.2) is 24.4 Å². The molecule has 2 N–H and O–H groups in total. The number of aliphatic carboxylic acids is 1. The molecule has 2 aromatic rings. The van der Waals surface area contributed by atoms with E-state index in [4.69, 9.17) is 0 Å². The van der Waals surface area contributed by atoms with Crippen molar-refractivity contribution in [2.75, 3.05) is 37.7 Å². The number of nitrogens with one attached hydrogen (secondary N) is 1. The number of rotatable bonds is 4. The zero-order valence-corrected chi connectivity index (χ0v) is 16.2. The van der Waals surface area contributed by atoms with Gasteiger partial charge >= 0.3 is 5.97 Å². The maximum atomic E-state index is 12.1. The number of nitrogens with zero attached hydrogens (tertiary/aromatic N) is 2. The SMILES string of the molecule is Cc1ccc2[nH]cc([C@H](C(=O)O)N3CCN([C@H]4CCS(=O)(=O)C4)CC3)c2c1. The quantitative estimate of drug-likeness (QED) is 0.818. The van der Waals surface area contributed by atoms with Crippen molar-refractivity contribution in [2.45, 2.75) is 25.4 Å². The van der Waals surface area contributed by atoms with Gasteiger partial charge in [0.25, 0.3) is 0 Å². The van der Waals surface area contributed by atoms with Gasteiger partial charge in [-0.3, -0.25) is 14.6 Å². The smallest absolute Gasteiger partial charge is 0.325 e. The lowest BCUT2D eigenvalue weighted by Crippen LogP contribution is -2.52. The number of carboxylic acid groups (broad SMARTS) is 1. The third-order valence-electron chi connectivity index (χ3n) is 5.84. The van der Waals surface area contributed by atoms with Gasteiger partial charge in [0, 0.05) is 54.9 Å². The summed E-state index contributed by atoms with van der Waals surface area (Å²) in [6, 6.07) is 5.39. The number of hydrogen-bond acceptors (Lipinski definition) is 5. The summed E-state index contributed by atoms with van der Waals surface area (Å²) >= 11 is 0. The Hall–Kier alpha value is -1.90. The number of carboxylic acids is 1. The van der Waals surface area contributed by atoms with Gasteiger partial charge in [0.1, 0.15) is 6.04 Å². The molecule has 2 saturated heterocycles. The molecule has 0 aliphatic carbocycles. The van der Waals surface area contributed by atoms with Crippen LogP contribution < -0.4 is 0 Å². The number of aromatic amines is 1. The molecule has 0 amide bonds. The highest BCUT2D eigenvalue weighted by Crippen LogP contribution is 2.31. The second kappa shape index (κ2) is 6.92. The van der Waals surface area contributed by atoms with Crippen molar-refractivity contribution in [3.63, 3.8) is 0 Å². The van der Waals surface area contributed by atoms with Gasteiger partial charge < -0.3 is 10.1 Å². The Kier molecular flexibility index (Phi) is 4.73. The molecule has 0 radical (unpaired) electrons. The molecule has 0 spiro atoms. The molecule has 4 rings (SSSR count). The van der Waals surface area contributed by atoms with E-state index in [-0.39, 0.29) is 17.5 Å². The van der Waals surface area contributed by atoms with Crippen molar-refractivity contribution in [1.29, 1.82) is 0 Å². The normalized spacial score (nSPS) is 25.0. The van der Waals surface area contributed by atoms with Crippen molar-refractivity contribution in [1.82, 2.24) is 14.8 Å². The molecule has 3 heterocycles.